The van der Waals surface area contributed by atoms with Crippen LogP contribution in [0.1, 0.15) is 36.0 Å². The normalized spacial score (nSPS) is 14.4. The quantitative estimate of drug-likeness (QED) is 0.257. The summed E-state index contributed by atoms with van der Waals surface area (Å²) >= 11 is 1.51. The van der Waals surface area contributed by atoms with Crippen LogP contribution in [0.5, 0.6) is 0 Å². The number of hydrogen-bond donors (Lipinski definition) is 0. The first kappa shape index (κ1) is 29.0. The predicted octanol–water partition coefficient (Wildman–Crippen LogP) is 1.85. The average Bonchev–Trinajstić information content (AvgIpc) is 3.32. The maximum atomic E-state index is 6.16. The topological polar surface area (TPSA) is 9.23 Å². The molecule has 0 fully saturated rings. The number of benzene rings is 3. The van der Waals surface area contributed by atoms with Crippen molar-refractivity contribution >= 4 is 39.1 Å². The minimum absolute atomic E-state index is 0. The molecule has 0 aromatic heterocycles. The van der Waals surface area contributed by atoms with Crippen LogP contribution < -0.4 is 24.8 Å². The predicted molar refractivity (Wildman–Crippen MR) is 139 cm³/mol. The Morgan fingerprint density at radius 1 is 0.882 bits per heavy atom. The van der Waals surface area contributed by atoms with E-state index in [0.29, 0.717) is 5.92 Å². The van der Waals surface area contributed by atoms with Gasteiger partial charge in [-0.25, -0.2) is 0 Å². The third kappa shape index (κ3) is 6.31. The van der Waals surface area contributed by atoms with E-state index >= 15 is 0 Å². The molecule has 0 spiro atoms. The summed E-state index contributed by atoms with van der Waals surface area (Å²) in [6.45, 7) is 9.63. The maximum absolute atomic E-state index is 6.16. The molecular formula is C29H31Cl2OSiZr-. The molecule has 34 heavy (non-hydrogen) atoms. The van der Waals surface area contributed by atoms with E-state index in [0.717, 1.165) is 13.0 Å². The SMILES string of the molecule is C[CH]=[Zr+2].C[Si](C)(C)OCCC1=CC(c2cccc3c2[cH-]c2ccccc23)c2ccccc21.[Cl-].[Cl-]. The fraction of sp³-hybridized carbons (Fsp3) is 0.241. The Morgan fingerprint density at radius 2 is 1.50 bits per heavy atom. The Hall–Kier alpha value is -1.22. The average molecular weight is 586 g/mol. The van der Waals surface area contributed by atoms with Gasteiger partial charge in [0.15, 0.2) is 8.32 Å². The van der Waals surface area contributed by atoms with Crippen molar-refractivity contribution in [3.05, 3.63) is 95.6 Å². The molecule has 5 heteroatoms. The Balaban J connectivity index is 0.000000778. The van der Waals surface area contributed by atoms with E-state index in [-0.39, 0.29) is 24.8 Å². The Bertz CT molecular complexity index is 1290. The third-order valence-electron chi connectivity index (χ3n) is 5.94. The molecule has 5 rings (SSSR count). The van der Waals surface area contributed by atoms with Crippen LogP contribution in [-0.4, -0.2) is 18.6 Å². The van der Waals surface area contributed by atoms with Crippen LogP contribution in [0.4, 0.5) is 0 Å². The van der Waals surface area contributed by atoms with Gasteiger partial charge in [0.2, 0.25) is 0 Å². The van der Waals surface area contributed by atoms with Crippen LogP contribution in [0.25, 0.3) is 27.1 Å². The van der Waals surface area contributed by atoms with Gasteiger partial charge in [-0.2, -0.15) is 0 Å². The monoisotopic (exact) mass is 583 g/mol. The van der Waals surface area contributed by atoms with Gasteiger partial charge < -0.3 is 29.2 Å². The molecule has 1 unspecified atom stereocenters. The molecule has 0 amide bonds. The van der Waals surface area contributed by atoms with Crippen molar-refractivity contribution in [2.24, 2.45) is 0 Å². The van der Waals surface area contributed by atoms with E-state index in [4.69, 9.17) is 4.43 Å². The molecule has 4 aromatic rings. The second-order valence-electron chi connectivity index (χ2n) is 9.30. The van der Waals surface area contributed by atoms with E-state index in [1.807, 2.05) is 6.92 Å². The van der Waals surface area contributed by atoms with Crippen LogP contribution in [0.15, 0.2) is 78.9 Å². The Kier molecular flexibility index (Phi) is 10.8. The summed E-state index contributed by atoms with van der Waals surface area (Å²) in [5.41, 5.74) is 5.65. The van der Waals surface area contributed by atoms with Gasteiger partial charge in [-0.05, 0) is 42.8 Å². The van der Waals surface area contributed by atoms with Crippen molar-refractivity contribution in [2.75, 3.05) is 6.61 Å². The first-order chi connectivity index (χ1) is 15.4. The van der Waals surface area contributed by atoms with Gasteiger partial charge in [0, 0.05) is 12.5 Å². The minimum atomic E-state index is -1.48. The molecule has 0 aliphatic heterocycles. The van der Waals surface area contributed by atoms with Crippen LogP contribution in [0.3, 0.4) is 0 Å². The number of halogens is 2. The van der Waals surface area contributed by atoms with Crippen molar-refractivity contribution in [3.8, 4) is 0 Å². The van der Waals surface area contributed by atoms with E-state index in [1.54, 1.807) is 0 Å². The molecule has 1 nitrogen and oxygen atoms in total. The molecule has 1 aliphatic rings. The molecule has 0 heterocycles. The first-order valence-electron chi connectivity index (χ1n) is 11.4. The molecule has 1 atom stereocenters. The van der Waals surface area contributed by atoms with Crippen LogP contribution in [0.2, 0.25) is 19.6 Å². The molecule has 4 aromatic carbocycles. The summed E-state index contributed by atoms with van der Waals surface area (Å²) in [6.07, 6.45) is 3.46. The van der Waals surface area contributed by atoms with Gasteiger partial charge in [-0.15, -0.1) is 33.7 Å². The molecule has 176 valence electrons. The number of fused-ring (bicyclic) bond motifs is 4. The number of rotatable bonds is 5. The van der Waals surface area contributed by atoms with E-state index < -0.39 is 8.32 Å². The molecule has 0 saturated heterocycles. The van der Waals surface area contributed by atoms with Gasteiger partial charge in [0.1, 0.15) is 0 Å². The first-order valence-corrected chi connectivity index (χ1v) is 16.2. The van der Waals surface area contributed by atoms with Crippen molar-refractivity contribution in [1.82, 2.24) is 0 Å². The van der Waals surface area contributed by atoms with Gasteiger partial charge >= 0.3 is 34.9 Å². The summed E-state index contributed by atoms with van der Waals surface area (Å²) in [7, 11) is -1.48. The van der Waals surface area contributed by atoms with Crippen molar-refractivity contribution in [3.63, 3.8) is 0 Å². The maximum Gasteiger partial charge on any atom is 0.183 e. The summed E-state index contributed by atoms with van der Waals surface area (Å²) in [4.78, 5) is 0. The van der Waals surface area contributed by atoms with Crippen LogP contribution in [0, 0.1) is 0 Å². The summed E-state index contributed by atoms with van der Waals surface area (Å²) in [5, 5.41) is 5.42. The minimum Gasteiger partial charge on any atom is -1.00 e. The zero-order chi connectivity index (χ0) is 22.7. The van der Waals surface area contributed by atoms with Crippen molar-refractivity contribution in [2.45, 2.75) is 38.9 Å². The van der Waals surface area contributed by atoms with Crippen LogP contribution >= 0.6 is 0 Å². The fourth-order valence-corrected chi connectivity index (χ4v) is 5.37. The van der Waals surface area contributed by atoms with Gasteiger partial charge in [0.25, 0.3) is 0 Å². The van der Waals surface area contributed by atoms with E-state index in [2.05, 4.69) is 102 Å². The zero-order valence-electron chi connectivity index (χ0n) is 20.2. The zero-order valence-corrected chi connectivity index (χ0v) is 25.2. The molecule has 1 aliphatic carbocycles. The summed E-state index contributed by atoms with van der Waals surface area (Å²) in [6, 6.07) is 26.8. The standard InChI is InChI=1S/C27H27OSi.C2H4.2ClH.Zr/c1-29(2,3)28-16-15-20-18-27(23-12-7-6-11-22(20)23)25-14-8-13-24-21-10-5-4-9-19(21)17-26(24)25;1-2;;;/h4-14,17-18,27H,15-16H2,1-3H3;1H,2H3;2*1H;/q-1;;;;+2/p-2. The Labute approximate surface area is 232 Å². The van der Waals surface area contributed by atoms with E-state index in [9.17, 15) is 0 Å². The second kappa shape index (κ2) is 12.7. The molecule has 0 radical (unpaired) electrons. The molecule has 0 N–H and O–H groups in total. The van der Waals surface area contributed by atoms with Crippen molar-refractivity contribution < 1.29 is 53.5 Å². The molecular weight excluding hydrogens is 555 g/mol. The van der Waals surface area contributed by atoms with Gasteiger partial charge in [0.05, 0.1) is 0 Å². The number of allylic oxidation sites excluding steroid dienone is 1. The number of hydrogen-bond acceptors (Lipinski definition) is 1. The van der Waals surface area contributed by atoms with Crippen molar-refractivity contribution in [1.29, 1.82) is 0 Å². The molecule has 0 bridgehead atoms. The third-order valence-corrected chi connectivity index (χ3v) is 7.01. The van der Waals surface area contributed by atoms with Crippen LogP contribution in [-0.2, 0) is 28.7 Å². The smallest absolute Gasteiger partial charge is 0.183 e. The molecule has 0 saturated carbocycles. The summed E-state index contributed by atoms with van der Waals surface area (Å²) < 4.78 is 8.25. The summed E-state index contributed by atoms with van der Waals surface area (Å²) in [5.74, 6) is 0.314. The van der Waals surface area contributed by atoms with Gasteiger partial charge in [-0.1, -0.05) is 72.3 Å². The fourth-order valence-electron chi connectivity index (χ4n) is 4.66. The largest absolute Gasteiger partial charge is 1.00 e. The Morgan fingerprint density at radius 3 is 2.24 bits per heavy atom. The second-order valence-corrected chi connectivity index (χ2v) is 15.2. The van der Waals surface area contributed by atoms with Gasteiger partial charge in [-0.3, -0.25) is 0 Å². The van der Waals surface area contributed by atoms with E-state index in [1.165, 1.54) is 68.0 Å².